The van der Waals surface area contributed by atoms with Crippen molar-refractivity contribution < 1.29 is 19.4 Å². The van der Waals surface area contributed by atoms with Crippen molar-refractivity contribution in [2.75, 3.05) is 26.7 Å². The largest absolute Gasteiger partial charge is 0.445 e. The molecule has 0 spiro atoms. The first kappa shape index (κ1) is 16.3. The van der Waals surface area contributed by atoms with Crippen molar-refractivity contribution in [3.8, 4) is 0 Å². The second-order valence-electron chi connectivity index (χ2n) is 5.38. The highest BCUT2D eigenvalue weighted by Crippen LogP contribution is 2.20. The molecule has 0 bridgehead atoms. The Morgan fingerprint density at radius 3 is 2.77 bits per heavy atom. The van der Waals surface area contributed by atoms with Gasteiger partial charge in [-0.05, 0) is 18.4 Å². The van der Waals surface area contributed by atoms with Crippen LogP contribution < -0.4 is 0 Å². The van der Waals surface area contributed by atoms with Gasteiger partial charge in [0, 0.05) is 20.1 Å². The van der Waals surface area contributed by atoms with E-state index in [2.05, 4.69) is 0 Å². The van der Waals surface area contributed by atoms with Gasteiger partial charge < -0.3 is 14.7 Å². The fourth-order valence-electron chi connectivity index (χ4n) is 2.56. The van der Waals surface area contributed by atoms with Crippen molar-refractivity contribution in [1.29, 1.82) is 0 Å². The number of carbonyl (C=O) groups excluding carboxylic acids is 2. The van der Waals surface area contributed by atoms with E-state index in [1.165, 1.54) is 9.80 Å². The zero-order valence-electron chi connectivity index (χ0n) is 12.8. The summed E-state index contributed by atoms with van der Waals surface area (Å²) in [5.74, 6) is -0.150. The van der Waals surface area contributed by atoms with Crippen molar-refractivity contribution >= 4 is 12.0 Å². The van der Waals surface area contributed by atoms with Crippen molar-refractivity contribution in [2.45, 2.75) is 25.5 Å². The summed E-state index contributed by atoms with van der Waals surface area (Å²) < 4.78 is 5.30. The molecule has 1 aromatic rings. The number of carbonyl (C=O) groups is 2. The van der Waals surface area contributed by atoms with Gasteiger partial charge in [0.05, 0.1) is 6.61 Å². The van der Waals surface area contributed by atoms with E-state index in [9.17, 15) is 9.59 Å². The van der Waals surface area contributed by atoms with E-state index in [1.807, 2.05) is 30.3 Å². The quantitative estimate of drug-likeness (QED) is 0.888. The third-order valence-electron chi connectivity index (χ3n) is 3.79. The van der Waals surface area contributed by atoms with Crippen LogP contribution in [0.1, 0.15) is 18.4 Å². The van der Waals surface area contributed by atoms with Gasteiger partial charge in [-0.25, -0.2) is 4.79 Å². The number of hydrogen-bond acceptors (Lipinski definition) is 4. The summed E-state index contributed by atoms with van der Waals surface area (Å²) >= 11 is 0. The Morgan fingerprint density at radius 2 is 2.09 bits per heavy atom. The van der Waals surface area contributed by atoms with Crippen LogP contribution in [0.3, 0.4) is 0 Å². The van der Waals surface area contributed by atoms with Crippen LogP contribution in [0.15, 0.2) is 30.3 Å². The van der Waals surface area contributed by atoms with E-state index >= 15 is 0 Å². The molecule has 0 unspecified atom stereocenters. The van der Waals surface area contributed by atoms with Crippen molar-refractivity contribution in [1.82, 2.24) is 9.80 Å². The molecule has 6 heteroatoms. The first-order valence-corrected chi connectivity index (χ1v) is 7.46. The van der Waals surface area contributed by atoms with Crippen molar-refractivity contribution in [3.05, 3.63) is 35.9 Å². The monoisotopic (exact) mass is 306 g/mol. The van der Waals surface area contributed by atoms with Crippen LogP contribution in [0.2, 0.25) is 0 Å². The first-order valence-electron chi connectivity index (χ1n) is 7.46. The van der Waals surface area contributed by atoms with Gasteiger partial charge in [0.2, 0.25) is 5.91 Å². The number of likely N-dealkylation sites (tertiary alicyclic amines) is 1. The summed E-state index contributed by atoms with van der Waals surface area (Å²) in [4.78, 5) is 27.4. The molecule has 0 aromatic heterocycles. The van der Waals surface area contributed by atoms with E-state index in [-0.39, 0.29) is 25.7 Å². The minimum absolute atomic E-state index is 0.0899. The van der Waals surface area contributed by atoms with Crippen LogP contribution >= 0.6 is 0 Å². The lowest BCUT2D eigenvalue weighted by atomic mass is 10.2. The molecule has 1 fully saturated rings. The maximum absolute atomic E-state index is 12.3. The fraction of sp³-hybridized carbons (Fsp3) is 0.500. The number of nitrogens with zero attached hydrogens (tertiary/aromatic N) is 2. The average Bonchev–Trinajstić information content (AvgIpc) is 3.02. The lowest BCUT2D eigenvalue weighted by molar-refractivity contribution is -0.134. The lowest BCUT2D eigenvalue weighted by Gasteiger charge is -2.27. The van der Waals surface area contributed by atoms with Gasteiger partial charge in [0.25, 0.3) is 0 Å². The lowest BCUT2D eigenvalue weighted by Crippen LogP contribution is -2.47. The zero-order valence-corrected chi connectivity index (χ0v) is 12.8. The zero-order chi connectivity index (χ0) is 15.9. The van der Waals surface area contributed by atoms with E-state index in [1.54, 1.807) is 7.05 Å². The number of rotatable bonds is 5. The number of aliphatic hydroxyl groups is 1. The van der Waals surface area contributed by atoms with Crippen LogP contribution in [0.25, 0.3) is 0 Å². The van der Waals surface area contributed by atoms with E-state index in [4.69, 9.17) is 9.84 Å². The highest BCUT2D eigenvalue weighted by molar-refractivity contribution is 5.86. The molecule has 1 saturated heterocycles. The maximum Gasteiger partial charge on any atom is 0.410 e. The molecule has 2 rings (SSSR count). The van der Waals surface area contributed by atoms with Gasteiger partial charge in [-0.15, -0.1) is 0 Å². The second kappa shape index (κ2) is 7.79. The van der Waals surface area contributed by atoms with Crippen LogP contribution in [0.4, 0.5) is 4.79 Å². The predicted octanol–water partition coefficient (Wildman–Crippen LogP) is 1.24. The normalized spacial score (nSPS) is 17.4. The van der Waals surface area contributed by atoms with Crippen LogP contribution in [-0.4, -0.2) is 59.7 Å². The van der Waals surface area contributed by atoms with E-state index in [0.717, 1.165) is 12.0 Å². The molecule has 0 aliphatic carbocycles. The summed E-state index contributed by atoms with van der Waals surface area (Å²) in [6.45, 7) is 0.899. The maximum atomic E-state index is 12.3. The fourth-order valence-corrected chi connectivity index (χ4v) is 2.56. The molecule has 1 aromatic carbocycles. The Labute approximate surface area is 130 Å². The average molecular weight is 306 g/mol. The molecule has 1 atom stereocenters. The highest BCUT2D eigenvalue weighted by Gasteiger charge is 2.36. The summed E-state index contributed by atoms with van der Waals surface area (Å²) in [7, 11) is 1.63. The Kier molecular flexibility index (Phi) is 5.77. The van der Waals surface area contributed by atoms with E-state index < -0.39 is 12.1 Å². The summed E-state index contributed by atoms with van der Waals surface area (Å²) in [5.41, 5.74) is 0.912. The number of aliphatic hydroxyl groups excluding tert-OH is 1. The van der Waals surface area contributed by atoms with Crippen LogP contribution in [-0.2, 0) is 16.1 Å². The molecule has 120 valence electrons. The summed E-state index contributed by atoms with van der Waals surface area (Å²) in [6.07, 6.45) is 0.955. The Balaban J connectivity index is 1.92. The molecule has 22 heavy (non-hydrogen) atoms. The number of amides is 2. The molecular weight excluding hydrogens is 284 g/mol. The number of benzene rings is 1. The Bertz CT molecular complexity index is 506. The molecule has 1 N–H and O–H groups in total. The number of likely N-dealkylation sites (N-methyl/N-ethyl adjacent to an activating group) is 1. The molecule has 0 radical (unpaired) electrons. The van der Waals surface area contributed by atoms with Gasteiger partial charge in [-0.2, -0.15) is 0 Å². The number of hydrogen-bond donors (Lipinski definition) is 1. The summed E-state index contributed by atoms with van der Waals surface area (Å²) in [5, 5.41) is 8.91. The third-order valence-corrected chi connectivity index (χ3v) is 3.79. The minimum atomic E-state index is -0.486. The third kappa shape index (κ3) is 3.98. The second-order valence-corrected chi connectivity index (χ2v) is 5.38. The van der Waals surface area contributed by atoms with Crippen molar-refractivity contribution in [3.63, 3.8) is 0 Å². The molecule has 2 amide bonds. The Hall–Kier alpha value is -2.08. The van der Waals surface area contributed by atoms with Gasteiger partial charge in [-0.3, -0.25) is 9.69 Å². The molecule has 1 aliphatic heterocycles. The van der Waals surface area contributed by atoms with Gasteiger partial charge in [-0.1, -0.05) is 30.3 Å². The smallest absolute Gasteiger partial charge is 0.410 e. The predicted molar refractivity (Wildman–Crippen MR) is 81.1 cm³/mol. The molecule has 1 heterocycles. The molecule has 6 nitrogen and oxygen atoms in total. The summed E-state index contributed by atoms with van der Waals surface area (Å²) in [6, 6.07) is 8.95. The Morgan fingerprint density at radius 1 is 1.36 bits per heavy atom. The van der Waals surface area contributed by atoms with Gasteiger partial charge >= 0.3 is 6.09 Å². The SMILES string of the molecule is CN(CCO)C(=O)[C@@H]1CCCN1C(=O)OCc1ccccc1. The highest BCUT2D eigenvalue weighted by atomic mass is 16.6. The number of ether oxygens (including phenoxy) is 1. The van der Waals surface area contributed by atoms with Gasteiger partial charge in [0.1, 0.15) is 12.6 Å². The standard InChI is InChI=1S/C16H22N2O4/c1-17(10-11-19)15(20)14-8-5-9-18(14)16(21)22-12-13-6-3-2-4-7-13/h2-4,6-7,14,19H,5,8-12H2,1H3/t14-/m0/s1. The van der Waals surface area contributed by atoms with E-state index in [0.29, 0.717) is 13.0 Å². The first-order chi connectivity index (χ1) is 10.6. The minimum Gasteiger partial charge on any atom is -0.445 e. The van der Waals surface area contributed by atoms with Crippen LogP contribution in [0.5, 0.6) is 0 Å². The molecule has 1 aliphatic rings. The van der Waals surface area contributed by atoms with Crippen molar-refractivity contribution in [2.24, 2.45) is 0 Å². The topological polar surface area (TPSA) is 70.1 Å². The molecular formula is C16H22N2O4. The van der Waals surface area contributed by atoms with Crippen LogP contribution in [0, 0.1) is 0 Å². The molecule has 0 saturated carbocycles. The van der Waals surface area contributed by atoms with Gasteiger partial charge in [0.15, 0.2) is 0 Å².